The lowest BCUT2D eigenvalue weighted by Crippen LogP contribution is -2.36. The van der Waals surface area contributed by atoms with Gasteiger partial charge in [-0.3, -0.25) is 4.79 Å². The van der Waals surface area contributed by atoms with E-state index in [1.807, 2.05) is 37.3 Å². The van der Waals surface area contributed by atoms with Crippen molar-refractivity contribution in [3.05, 3.63) is 71.3 Å². The Morgan fingerprint density at radius 1 is 1.00 bits per heavy atom. The average Bonchev–Trinajstić information content (AvgIpc) is 2.65. The molecule has 4 nitrogen and oxygen atoms in total. The van der Waals surface area contributed by atoms with Crippen LogP contribution in [-0.4, -0.2) is 24.5 Å². The van der Waals surface area contributed by atoms with Crippen molar-refractivity contribution in [2.24, 2.45) is 0 Å². The molecule has 2 aromatic carbocycles. The van der Waals surface area contributed by atoms with Crippen molar-refractivity contribution in [2.45, 2.75) is 39.2 Å². The lowest BCUT2D eigenvalue weighted by molar-refractivity contribution is -0.124. The van der Waals surface area contributed by atoms with Gasteiger partial charge in [0, 0.05) is 6.04 Å². The largest absolute Gasteiger partial charge is 0.452 e. The van der Waals surface area contributed by atoms with Gasteiger partial charge >= 0.3 is 5.97 Å². The number of carbonyl (C=O) groups is 2. The molecule has 2 aromatic rings. The SMILES string of the molecule is CCc1ccc(C(=O)OCC(=O)N[C@H](C)CCc2ccccc2)cc1. The van der Waals surface area contributed by atoms with E-state index in [-0.39, 0.29) is 18.6 Å². The maximum absolute atomic E-state index is 11.9. The first-order valence-electron chi connectivity index (χ1n) is 8.68. The highest BCUT2D eigenvalue weighted by molar-refractivity contribution is 5.91. The number of hydrogen-bond donors (Lipinski definition) is 1. The van der Waals surface area contributed by atoms with Crippen LogP contribution >= 0.6 is 0 Å². The van der Waals surface area contributed by atoms with Crippen molar-refractivity contribution in [1.29, 1.82) is 0 Å². The van der Waals surface area contributed by atoms with Crippen LogP contribution in [0, 0.1) is 0 Å². The first kappa shape index (κ1) is 18.7. The fraction of sp³-hybridized carbons (Fsp3) is 0.333. The number of ether oxygens (including phenoxy) is 1. The van der Waals surface area contributed by atoms with Crippen molar-refractivity contribution in [3.63, 3.8) is 0 Å². The maximum Gasteiger partial charge on any atom is 0.338 e. The Labute approximate surface area is 149 Å². The van der Waals surface area contributed by atoms with Gasteiger partial charge in [0.15, 0.2) is 6.61 Å². The molecule has 0 heterocycles. The van der Waals surface area contributed by atoms with Crippen molar-refractivity contribution in [2.75, 3.05) is 6.61 Å². The third-order valence-electron chi connectivity index (χ3n) is 4.05. The summed E-state index contributed by atoms with van der Waals surface area (Å²) in [6.45, 7) is 3.74. The van der Waals surface area contributed by atoms with Crippen molar-refractivity contribution in [1.82, 2.24) is 5.32 Å². The van der Waals surface area contributed by atoms with Crippen LogP contribution in [0.15, 0.2) is 54.6 Å². The molecule has 0 saturated heterocycles. The van der Waals surface area contributed by atoms with Gasteiger partial charge in [-0.2, -0.15) is 0 Å². The molecule has 0 aromatic heterocycles. The monoisotopic (exact) mass is 339 g/mol. The van der Waals surface area contributed by atoms with Crippen molar-refractivity contribution >= 4 is 11.9 Å². The molecule has 1 amide bonds. The number of benzene rings is 2. The summed E-state index contributed by atoms with van der Waals surface area (Å²) >= 11 is 0. The molecule has 1 N–H and O–H groups in total. The van der Waals surface area contributed by atoms with Crippen LogP contribution in [0.3, 0.4) is 0 Å². The number of esters is 1. The van der Waals surface area contributed by atoms with Gasteiger partial charge in [0.2, 0.25) is 0 Å². The first-order valence-corrected chi connectivity index (χ1v) is 8.68. The summed E-state index contributed by atoms with van der Waals surface area (Å²) in [6.07, 6.45) is 2.65. The van der Waals surface area contributed by atoms with Gasteiger partial charge < -0.3 is 10.1 Å². The van der Waals surface area contributed by atoms with E-state index >= 15 is 0 Å². The van der Waals surface area contributed by atoms with Gasteiger partial charge in [0.05, 0.1) is 5.56 Å². The van der Waals surface area contributed by atoms with E-state index in [9.17, 15) is 9.59 Å². The topological polar surface area (TPSA) is 55.4 Å². The lowest BCUT2D eigenvalue weighted by atomic mass is 10.1. The van der Waals surface area contributed by atoms with Gasteiger partial charge in [-0.15, -0.1) is 0 Å². The quantitative estimate of drug-likeness (QED) is 0.749. The molecule has 4 heteroatoms. The lowest BCUT2D eigenvalue weighted by Gasteiger charge is -2.14. The third-order valence-corrected chi connectivity index (χ3v) is 4.05. The van der Waals surface area contributed by atoms with E-state index in [4.69, 9.17) is 4.74 Å². The van der Waals surface area contributed by atoms with Gasteiger partial charge in [-0.1, -0.05) is 49.4 Å². The normalized spacial score (nSPS) is 11.6. The Balaban J connectivity index is 1.71. The molecule has 2 rings (SSSR count). The molecule has 0 aliphatic heterocycles. The number of hydrogen-bond acceptors (Lipinski definition) is 3. The van der Waals surface area contributed by atoms with E-state index in [0.717, 1.165) is 24.8 Å². The van der Waals surface area contributed by atoms with Crippen LogP contribution in [0.5, 0.6) is 0 Å². The summed E-state index contributed by atoms with van der Waals surface area (Å²) in [5.41, 5.74) is 2.86. The molecule has 0 spiro atoms. The standard InChI is InChI=1S/C21H25NO3/c1-3-17-11-13-19(14-12-17)21(24)25-15-20(23)22-16(2)9-10-18-7-5-4-6-8-18/h4-8,11-14,16H,3,9-10,15H2,1-2H3,(H,22,23)/t16-/m1/s1. The molecular weight excluding hydrogens is 314 g/mol. The molecule has 0 unspecified atom stereocenters. The highest BCUT2D eigenvalue weighted by Gasteiger charge is 2.12. The average molecular weight is 339 g/mol. The Kier molecular flexibility index (Phi) is 7.20. The van der Waals surface area contributed by atoms with E-state index in [0.29, 0.717) is 5.56 Å². The molecule has 132 valence electrons. The summed E-state index contributed by atoms with van der Waals surface area (Å²) < 4.78 is 5.08. The number of carbonyl (C=O) groups excluding carboxylic acids is 2. The molecule has 0 bridgehead atoms. The van der Waals surface area contributed by atoms with Gasteiger partial charge in [-0.05, 0) is 49.4 Å². The smallest absolute Gasteiger partial charge is 0.338 e. The van der Waals surface area contributed by atoms with E-state index in [2.05, 4.69) is 24.4 Å². The number of aryl methyl sites for hydroxylation is 2. The highest BCUT2D eigenvalue weighted by atomic mass is 16.5. The Morgan fingerprint density at radius 2 is 1.68 bits per heavy atom. The second-order valence-electron chi connectivity index (χ2n) is 6.12. The summed E-state index contributed by atoms with van der Waals surface area (Å²) in [4.78, 5) is 23.9. The zero-order chi connectivity index (χ0) is 18.1. The van der Waals surface area contributed by atoms with Gasteiger partial charge in [0.25, 0.3) is 5.91 Å². The fourth-order valence-electron chi connectivity index (χ4n) is 2.51. The first-order chi connectivity index (χ1) is 12.1. The Hall–Kier alpha value is -2.62. The number of nitrogens with one attached hydrogen (secondary N) is 1. The second-order valence-corrected chi connectivity index (χ2v) is 6.12. The Morgan fingerprint density at radius 3 is 2.32 bits per heavy atom. The Bertz CT molecular complexity index is 680. The summed E-state index contributed by atoms with van der Waals surface area (Å²) in [7, 11) is 0. The summed E-state index contributed by atoms with van der Waals surface area (Å²) in [6, 6.07) is 17.4. The summed E-state index contributed by atoms with van der Waals surface area (Å²) in [5.74, 6) is -0.756. The third kappa shape index (κ3) is 6.42. The van der Waals surface area contributed by atoms with E-state index in [1.165, 1.54) is 5.56 Å². The molecule has 25 heavy (non-hydrogen) atoms. The molecule has 0 radical (unpaired) electrons. The van der Waals surface area contributed by atoms with Crippen LogP contribution in [0.2, 0.25) is 0 Å². The van der Waals surface area contributed by atoms with Crippen molar-refractivity contribution in [3.8, 4) is 0 Å². The van der Waals surface area contributed by atoms with Crippen LogP contribution in [0.4, 0.5) is 0 Å². The van der Waals surface area contributed by atoms with Gasteiger partial charge in [0.1, 0.15) is 0 Å². The predicted octanol–water partition coefficient (Wildman–Crippen LogP) is 3.54. The minimum Gasteiger partial charge on any atom is -0.452 e. The highest BCUT2D eigenvalue weighted by Crippen LogP contribution is 2.07. The predicted molar refractivity (Wildman–Crippen MR) is 98.5 cm³/mol. The minimum atomic E-state index is -0.477. The zero-order valence-electron chi connectivity index (χ0n) is 14.8. The van der Waals surface area contributed by atoms with Gasteiger partial charge in [-0.25, -0.2) is 4.79 Å². The van der Waals surface area contributed by atoms with Crippen LogP contribution in [-0.2, 0) is 22.4 Å². The molecule has 0 aliphatic rings. The molecule has 0 fully saturated rings. The molecular formula is C21H25NO3. The molecule has 0 aliphatic carbocycles. The fourth-order valence-corrected chi connectivity index (χ4v) is 2.51. The van der Waals surface area contributed by atoms with Crippen molar-refractivity contribution < 1.29 is 14.3 Å². The number of rotatable bonds is 8. The second kappa shape index (κ2) is 9.62. The van der Waals surface area contributed by atoms with Crippen LogP contribution in [0.25, 0.3) is 0 Å². The number of amides is 1. The maximum atomic E-state index is 11.9. The molecule has 0 saturated carbocycles. The van der Waals surface area contributed by atoms with Crippen LogP contribution in [0.1, 0.15) is 41.8 Å². The zero-order valence-corrected chi connectivity index (χ0v) is 14.8. The summed E-state index contributed by atoms with van der Waals surface area (Å²) in [5, 5.41) is 2.86. The van der Waals surface area contributed by atoms with E-state index in [1.54, 1.807) is 12.1 Å². The van der Waals surface area contributed by atoms with E-state index < -0.39 is 5.97 Å². The molecule has 1 atom stereocenters. The minimum absolute atomic E-state index is 0.0234. The van der Waals surface area contributed by atoms with Crippen LogP contribution < -0.4 is 5.32 Å².